The van der Waals surface area contributed by atoms with E-state index in [1.165, 1.54) is 22.1 Å². The first kappa shape index (κ1) is 12.1. The molecule has 0 aliphatic carbocycles. The lowest BCUT2D eigenvalue weighted by molar-refractivity contribution is 0.699. The molecule has 104 valence electrons. The second-order valence-corrected chi connectivity index (χ2v) is 5.59. The highest BCUT2D eigenvalue weighted by molar-refractivity contribution is 5.83. The molecule has 4 rings (SSSR count). The summed E-state index contributed by atoms with van der Waals surface area (Å²) >= 11 is 0. The summed E-state index contributed by atoms with van der Waals surface area (Å²) in [6.07, 6.45) is 4.01. The molecule has 0 unspecified atom stereocenters. The summed E-state index contributed by atoms with van der Waals surface area (Å²) in [7, 11) is 0. The second-order valence-electron chi connectivity index (χ2n) is 5.59. The Hall–Kier alpha value is -2.62. The van der Waals surface area contributed by atoms with Crippen molar-refractivity contribution >= 4 is 21.8 Å². The van der Waals surface area contributed by atoms with Crippen molar-refractivity contribution in [3.05, 3.63) is 59.4 Å². The van der Waals surface area contributed by atoms with Gasteiger partial charge in [0.25, 0.3) is 0 Å². The number of hydrogen-bond donors (Lipinski definition) is 1. The average molecular weight is 276 g/mol. The van der Waals surface area contributed by atoms with Gasteiger partial charge in [0, 0.05) is 17.0 Å². The van der Waals surface area contributed by atoms with Gasteiger partial charge in [-0.1, -0.05) is 18.2 Å². The van der Waals surface area contributed by atoms with Gasteiger partial charge in [-0.05, 0) is 42.7 Å². The van der Waals surface area contributed by atoms with E-state index in [2.05, 4.69) is 65.7 Å². The molecule has 4 aromatic rings. The maximum atomic E-state index is 4.68. The van der Waals surface area contributed by atoms with E-state index >= 15 is 0 Å². The highest BCUT2D eigenvalue weighted by Crippen LogP contribution is 2.21. The number of H-pyrrole nitrogens is 1. The minimum absolute atomic E-state index is 0.756. The topological polar surface area (TPSA) is 46.5 Å². The smallest absolute Gasteiger partial charge is 0.0926 e. The number of nitrogens with zero attached hydrogens (tertiary/aromatic N) is 3. The molecule has 0 fully saturated rings. The monoisotopic (exact) mass is 276 g/mol. The van der Waals surface area contributed by atoms with Crippen molar-refractivity contribution in [2.24, 2.45) is 0 Å². The van der Waals surface area contributed by atoms with E-state index in [1.807, 2.05) is 10.9 Å². The zero-order valence-corrected chi connectivity index (χ0v) is 12.1. The summed E-state index contributed by atoms with van der Waals surface area (Å²) < 4.78 is 2.01. The predicted octanol–water partition coefficient (Wildman–Crippen LogP) is 3.58. The highest BCUT2D eigenvalue weighted by Gasteiger charge is 2.08. The Labute approximate surface area is 122 Å². The van der Waals surface area contributed by atoms with Crippen molar-refractivity contribution in [2.45, 2.75) is 20.4 Å². The molecule has 2 aromatic carbocycles. The normalized spacial score (nSPS) is 11.5. The molecule has 0 saturated heterocycles. The Balaban J connectivity index is 1.82. The van der Waals surface area contributed by atoms with E-state index in [0.29, 0.717) is 0 Å². The highest BCUT2D eigenvalue weighted by atomic mass is 15.3. The molecule has 0 atom stereocenters. The molecule has 0 radical (unpaired) electrons. The molecule has 2 heterocycles. The van der Waals surface area contributed by atoms with Crippen molar-refractivity contribution in [3.8, 4) is 0 Å². The van der Waals surface area contributed by atoms with Gasteiger partial charge in [0.15, 0.2) is 0 Å². The third-order valence-electron chi connectivity index (χ3n) is 3.94. The largest absolute Gasteiger partial charge is 0.278 e. The van der Waals surface area contributed by atoms with E-state index in [1.54, 1.807) is 0 Å². The number of aromatic amines is 1. The van der Waals surface area contributed by atoms with Crippen LogP contribution in [0.25, 0.3) is 21.8 Å². The molecule has 0 amide bonds. The van der Waals surface area contributed by atoms with Gasteiger partial charge < -0.3 is 0 Å². The van der Waals surface area contributed by atoms with Crippen LogP contribution in [-0.4, -0.2) is 20.0 Å². The van der Waals surface area contributed by atoms with Gasteiger partial charge in [0.1, 0.15) is 0 Å². The zero-order chi connectivity index (χ0) is 14.4. The first-order valence-corrected chi connectivity index (χ1v) is 7.06. The molecule has 2 aromatic heterocycles. The minimum Gasteiger partial charge on any atom is -0.278 e. The summed E-state index contributed by atoms with van der Waals surface area (Å²) in [4.78, 5) is 0. The maximum absolute atomic E-state index is 4.68. The van der Waals surface area contributed by atoms with Crippen molar-refractivity contribution in [1.29, 1.82) is 0 Å². The first-order valence-electron chi connectivity index (χ1n) is 7.06. The number of rotatable bonds is 2. The number of aryl methyl sites for hydroxylation is 2. The van der Waals surface area contributed by atoms with E-state index in [0.717, 1.165) is 23.0 Å². The molecular formula is C17H16N4. The Bertz CT molecular complexity index is 946. The second kappa shape index (κ2) is 4.45. The standard InChI is InChI=1S/C17H16N4/c1-11-6-13(14-8-18-19-17(14)7-11)9-21-10-15-12(2)4-3-5-16(15)20-21/h3-8,10H,9H2,1-2H3,(H,18,19). The summed E-state index contributed by atoms with van der Waals surface area (Å²) in [5.41, 5.74) is 5.86. The molecule has 4 nitrogen and oxygen atoms in total. The average Bonchev–Trinajstić information content (AvgIpc) is 3.05. The predicted molar refractivity (Wildman–Crippen MR) is 84.4 cm³/mol. The van der Waals surface area contributed by atoms with Crippen molar-refractivity contribution in [2.75, 3.05) is 0 Å². The van der Waals surface area contributed by atoms with Crippen LogP contribution in [0.5, 0.6) is 0 Å². The van der Waals surface area contributed by atoms with Crippen LogP contribution in [-0.2, 0) is 6.54 Å². The Morgan fingerprint density at radius 3 is 2.90 bits per heavy atom. The van der Waals surface area contributed by atoms with Gasteiger partial charge in [-0.25, -0.2) is 0 Å². The lowest BCUT2D eigenvalue weighted by Gasteiger charge is -2.05. The minimum atomic E-state index is 0.756. The molecule has 0 saturated carbocycles. The SMILES string of the molecule is Cc1cc(Cn2cc3c(C)cccc3n2)c2cn[nH]c2c1. The van der Waals surface area contributed by atoms with Crippen LogP contribution in [0.15, 0.2) is 42.7 Å². The Morgan fingerprint density at radius 1 is 1.14 bits per heavy atom. The quantitative estimate of drug-likeness (QED) is 0.608. The molecular weight excluding hydrogens is 260 g/mol. The summed E-state index contributed by atoms with van der Waals surface area (Å²) in [5.74, 6) is 0. The maximum Gasteiger partial charge on any atom is 0.0926 e. The van der Waals surface area contributed by atoms with E-state index in [9.17, 15) is 0 Å². The van der Waals surface area contributed by atoms with Crippen molar-refractivity contribution < 1.29 is 0 Å². The van der Waals surface area contributed by atoms with E-state index in [-0.39, 0.29) is 0 Å². The zero-order valence-electron chi connectivity index (χ0n) is 12.1. The molecule has 0 bridgehead atoms. The molecule has 0 aliphatic heterocycles. The van der Waals surface area contributed by atoms with E-state index in [4.69, 9.17) is 0 Å². The van der Waals surface area contributed by atoms with Crippen LogP contribution >= 0.6 is 0 Å². The summed E-state index contributed by atoms with van der Waals surface area (Å²) in [6.45, 7) is 4.98. The third-order valence-corrected chi connectivity index (χ3v) is 3.94. The van der Waals surface area contributed by atoms with Crippen molar-refractivity contribution in [3.63, 3.8) is 0 Å². The van der Waals surface area contributed by atoms with Crippen LogP contribution < -0.4 is 0 Å². The van der Waals surface area contributed by atoms with Crippen LogP contribution in [0.2, 0.25) is 0 Å². The van der Waals surface area contributed by atoms with Crippen LogP contribution in [0, 0.1) is 13.8 Å². The number of benzene rings is 2. The van der Waals surface area contributed by atoms with Gasteiger partial charge in [-0.3, -0.25) is 9.78 Å². The number of fused-ring (bicyclic) bond motifs is 2. The van der Waals surface area contributed by atoms with E-state index < -0.39 is 0 Å². The van der Waals surface area contributed by atoms with Gasteiger partial charge in [0.2, 0.25) is 0 Å². The van der Waals surface area contributed by atoms with Gasteiger partial charge in [0.05, 0.1) is 23.8 Å². The molecule has 4 heteroatoms. The number of nitrogens with one attached hydrogen (secondary N) is 1. The van der Waals surface area contributed by atoms with Crippen LogP contribution in [0.3, 0.4) is 0 Å². The van der Waals surface area contributed by atoms with Gasteiger partial charge >= 0.3 is 0 Å². The molecule has 1 N–H and O–H groups in total. The van der Waals surface area contributed by atoms with Crippen LogP contribution in [0.1, 0.15) is 16.7 Å². The van der Waals surface area contributed by atoms with Gasteiger partial charge in [-0.15, -0.1) is 0 Å². The van der Waals surface area contributed by atoms with Crippen LogP contribution in [0.4, 0.5) is 0 Å². The fourth-order valence-electron chi connectivity index (χ4n) is 2.91. The first-order chi connectivity index (χ1) is 10.2. The Kier molecular flexibility index (Phi) is 2.57. The fraction of sp³-hybridized carbons (Fsp3) is 0.176. The third kappa shape index (κ3) is 2.00. The Morgan fingerprint density at radius 2 is 2.05 bits per heavy atom. The molecule has 21 heavy (non-hydrogen) atoms. The molecule has 0 spiro atoms. The summed E-state index contributed by atoms with van der Waals surface area (Å²) in [5, 5.41) is 14.2. The lowest BCUT2D eigenvalue weighted by atomic mass is 10.1. The van der Waals surface area contributed by atoms with Crippen molar-refractivity contribution in [1.82, 2.24) is 20.0 Å². The fourth-order valence-corrected chi connectivity index (χ4v) is 2.91. The number of aromatic nitrogens is 4. The number of hydrogen-bond acceptors (Lipinski definition) is 2. The lowest BCUT2D eigenvalue weighted by Crippen LogP contribution is -2.00. The molecule has 0 aliphatic rings. The van der Waals surface area contributed by atoms with Gasteiger partial charge in [-0.2, -0.15) is 10.2 Å². The summed E-state index contributed by atoms with van der Waals surface area (Å²) in [6, 6.07) is 10.6.